The largest absolute Gasteiger partial charge is 0.497 e. The maximum atomic E-state index is 12.7. The molecule has 0 aliphatic heterocycles. The Morgan fingerprint density at radius 3 is 2.63 bits per heavy atom. The van der Waals surface area contributed by atoms with Gasteiger partial charge in [0.1, 0.15) is 11.4 Å². The summed E-state index contributed by atoms with van der Waals surface area (Å²) in [5.41, 5.74) is 1.95. The number of hydrogen-bond acceptors (Lipinski definition) is 4. The van der Waals surface area contributed by atoms with Gasteiger partial charge < -0.3 is 14.6 Å². The number of H-pyrrole nitrogens is 1. The van der Waals surface area contributed by atoms with Crippen molar-refractivity contribution in [1.29, 1.82) is 0 Å². The molecule has 1 atom stereocenters. The first-order valence-corrected chi connectivity index (χ1v) is 8.83. The molecule has 1 aromatic carbocycles. The van der Waals surface area contributed by atoms with Crippen LogP contribution in [0.5, 0.6) is 5.75 Å². The maximum absolute atomic E-state index is 12.7. The first kappa shape index (κ1) is 18.7. The van der Waals surface area contributed by atoms with Crippen molar-refractivity contribution in [3.8, 4) is 17.0 Å². The van der Waals surface area contributed by atoms with Crippen LogP contribution in [-0.2, 0) is 6.54 Å². The molecule has 3 rings (SSSR count). The van der Waals surface area contributed by atoms with Crippen LogP contribution in [0.1, 0.15) is 31.3 Å². The summed E-state index contributed by atoms with van der Waals surface area (Å²) in [5.74, 6) is 0.599. The van der Waals surface area contributed by atoms with E-state index in [0.29, 0.717) is 17.9 Å². The number of hydrogen-bond donors (Lipinski definition) is 2. The van der Waals surface area contributed by atoms with E-state index in [1.165, 1.54) is 0 Å². The number of imidazole rings is 1. The highest BCUT2D eigenvalue weighted by molar-refractivity contribution is 5.93. The molecule has 142 valence electrons. The van der Waals surface area contributed by atoms with Gasteiger partial charge in [-0.15, -0.1) is 0 Å². The number of ether oxygens (including phenoxy) is 1. The zero-order chi connectivity index (χ0) is 19.4. The van der Waals surface area contributed by atoms with Crippen molar-refractivity contribution < 1.29 is 9.53 Å². The Bertz CT molecular complexity index is 876. The van der Waals surface area contributed by atoms with Crippen molar-refractivity contribution in [2.24, 2.45) is 5.41 Å². The Morgan fingerprint density at radius 2 is 2.04 bits per heavy atom. The van der Waals surface area contributed by atoms with E-state index in [1.54, 1.807) is 25.7 Å². The van der Waals surface area contributed by atoms with E-state index in [-0.39, 0.29) is 17.4 Å². The molecule has 0 radical (unpaired) electrons. The monoisotopic (exact) mass is 367 g/mol. The van der Waals surface area contributed by atoms with Gasteiger partial charge in [0, 0.05) is 24.5 Å². The number of nitrogens with one attached hydrogen (secondary N) is 2. The Morgan fingerprint density at radius 1 is 1.30 bits per heavy atom. The van der Waals surface area contributed by atoms with Crippen LogP contribution < -0.4 is 10.1 Å². The van der Waals surface area contributed by atoms with Crippen molar-refractivity contribution in [3.05, 3.63) is 54.7 Å². The van der Waals surface area contributed by atoms with Gasteiger partial charge in [-0.2, -0.15) is 5.10 Å². The number of benzene rings is 1. The highest BCUT2D eigenvalue weighted by Gasteiger charge is 2.27. The topological polar surface area (TPSA) is 84.8 Å². The fraction of sp³-hybridized carbons (Fsp3) is 0.350. The second kappa shape index (κ2) is 7.65. The van der Waals surface area contributed by atoms with Crippen LogP contribution in [0.2, 0.25) is 0 Å². The Kier molecular flexibility index (Phi) is 5.30. The van der Waals surface area contributed by atoms with Crippen molar-refractivity contribution in [3.63, 3.8) is 0 Å². The molecule has 2 aromatic heterocycles. The van der Waals surface area contributed by atoms with Crippen molar-refractivity contribution in [1.82, 2.24) is 25.1 Å². The molecule has 0 fully saturated rings. The zero-order valence-corrected chi connectivity index (χ0v) is 16.1. The number of carbonyl (C=O) groups excluding carboxylic acids is 1. The lowest BCUT2D eigenvalue weighted by Crippen LogP contribution is -2.46. The molecule has 2 N–H and O–H groups in total. The molecule has 3 aromatic rings. The summed E-state index contributed by atoms with van der Waals surface area (Å²) in [6.07, 6.45) is 5.38. The van der Waals surface area contributed by atoms with Gasteiger partial charge in [0.05, 0.1) is 25.2 Å². The summed E-state index contributed by atoms with van der Waals surface area (Å²) >= 11 is 0. The van der Waals surface area contributed by atoms with Gasteiger partial charge in [0.25, 0.3) is 5.91 Å². The van der Waals surface area contributed by atoms with Crippen LogP contribution in [0, 0.1) is 5.41 Å². The number of amides is 1. The third-order valence-electron chi connectivity index (χ3n) is 4.51. The van der Waals surface area contributed by atoms with Crippen LogP contribution in [-0.4, -0.2) is 38.8 Å². The molecule has 7 heteroatoms. The van der Waals surface area contributed by atoms with Crippen molar-refractivity contribution in [2.45, 2.75) is 33.4 Å². The average molecular weight is 367 g/mol. The summed E-state index contributed by atoms with van der Waals surface area (Å²) in [4.78, 5) is 16.8. The lowest BCUT2D eigenvalue weighted by atomic mass is 9.86. The quantitative estimate of drug-likeness (QED) is 0.701. The molecule has 27 heavy (non-hydrogen) atoms. The van der Waals surface area contributed by atoms with Crippen LogP contribution >= 0.6 is 0 Å². The molecule has 0 aliphatic carbocycles. The van der Waals surface area contributed by atoms with E-state index in [9.17, 15) is 4.79 Å². The fourth-order valence-electron chi connectivity index (χ4n) is 2.73. The van der Waals surface area contributed by atoms with Crippen LogP contribution in [0.15, 0.2) is 49.1 Å². The van der Waals surface area contributed by atoms with Crippen molar-refractivity contribution in [2.75, 3.05) is 7.11 Å². The number of nitrogens with zero attached hydrogens (tertiary/aromatic N) is 3. The first-order chi connectivity index (χ1) is 12.9. The SMILES string of the molecule is COc1ccc(-c2cc(C(=O)N[C@@H](Cn3ccnc3)C(C)(C)C)[nH]n2)cc1. The molecule has 0 spiro atoms. The van der Waals surface area contributed by atoms with Gasteiger partial charge in [-0.3, -0.25) is 9.89 Å². The van der Waals surface area contributed by atoms with E-state index < -0.39 is 0 Å². The molecule has 7 nitrogen and oxygen atoms in total. The average Bonchev–Trinajstić information content (AvgIpc) is 3.32. The minimum atomic E-state index is -0.178. The number of carbonyl (C=O) groups is 1. The van der Waals surface area contributed by atoms with Crippen LogP contribution in [0.25, 0.3) is 11.3 Å². The Hall–Kier alpha value is -3.09. The molecular formula is C20H25N5O2. The minimum absolute atomic E-state index is 0.0630. The molecule has 2 heterocycles. The summed E-state index contributed by atoms with van der Waals surface area (Å²) in [5, 5.41) is 10.2. The number of methoxy groups -OCH3 is 1. The smallest absolute Gasteiger partial charge is 0.269 e. The van der Waals surface area contributed by atoms with E-state index in [2.05, 4.69) is 41.3 Å². The van der Waals surface area contributed by atoms with Gasteiger partial charge in [0.15, 0.2) is 0 Å². The van der Waals surface area contributed by atoms with Gasteiger partial charge in [-0.25, -0.2) is 4.98 Å². The van der Waals surface area contributed by atoms with E-state index in [0.717, 1.165) is 11.3 Å². The minimum Gasteiger partial charge on any atom is -0.497 e. The van der Waals surface area contributed by atoms with Gasteiger partial charge in [-0.1, -0.05) is 20.8 Å². The van der Waals surface area contributed by atoms with E-state index in [4.69, 9.17) is 4.74 Å². The van der Waals surface area contributed by atoms with Gasteiger partial charge in [-0.05, 0) is 35.7 Å². The second-order valence-electron chi connectivity index (χ2n) is 7.55. The lowest BCUT2D eigenvalue weighted by Gasteiger charge is -2.31. The summed E-state index contributed by atoms with van der Waals surface area (Å²) in [7, 11) is 1.63. The molecular weight excluding hydrogens is 342 g/mol. The van der Waals surface area contributed by atoms with Gasteiger partial charge >= 0.3 is 0 Å². The predicted octanol–water partition coefficient (Wildman–Crippen LogP) is 3.13. The molecule has 0 saturated carbocycles. The van der Waals surface area contributed by atoms with Crippen LogP contribution in [0.3, 0.4) is 0 Å². The highest BCUT2D eigenvalue weighted by atomic mass is 16.5. The summed E-state index contributed by atoms with van der Waals surface area (Å²) < 4.78 is 7.13. The first-order valence-electron chi connectivity index (χ1n) is 8.83. The predicted molar refractivity (Wildman–Crippen MR) is 104 cm³/mol. The fourth-order valence-corrected chi connectivity index (χ4v) is 2.73. The number of aromatic nitrogens is 4. The van der Waals surface area contributed by atoms with Crippen molar-refractivity contribution >= 4 is 5.91 Å². The molecule has 1 amide bonds. The zero-order valence-electron chi connectivity index (χ0n) is 16.1. The normalized spacial score (nSPS) is 12.6. The standard InChI is InChI=1S/C20H25N5O2/c1-20(2,3)18(12-25-10-9-21-13-25)22-19(26)17-11-16(23-24-17)14-5-7-15(27-4)8-6-14/h5-11,13,18H,12H2,1-4H3,(H,22,26)(H,23,24)/t18-/m0/s1. The molecule has 0 aliphatic rings. The summed E-state index contributed by atoms with van der Waals surface area (Å²) in [6.45, 7) is 6.95. The van der Waals surface area contributed by atoms with Gasteiger partial charge in [0.2, 0.25) is 0 Å². The molecule has 0 bridgehead atoms. The lowest BCUT2D eigenvalue weighted by molar-refractivity contribution is 0.0887. The van der Waals surface area contributed by atoms with Crippen LogP contribution in [0.4, 0.5) is 0 Å². The number of rotatable bonds is 6. The highest BCUT2D eigenvalue weighted by Crippen LogP contribution is 2.23. The van der Waals surface area contributed by atoms with E-state index in [1.807, 2.05) is 35.0 Å². The Labute approximate surface area is 158 Å². The van der Waals surface area contributed by atoms with E-state index >= 15 is 0 Å². The molecule has 0 saturated heterocycles. The maximum Gasteiger partial charge on any atom is 0.269 e. The summed E-state index contributed by atoms with van der Waals surface area (Å²) in [6, 6.07) is 9.25. The Balaban J connectivity index is 1.73. The number of aromatic amines is 1. The molecule has 0 unspecified atom stereocenters. The third kappa shape index (κ3) is 4.55. The third-order valence-corrected chi connectivity index (χ3v) is 4.51. The second-order valence-corrected chi connectivity index (χ2v) is 7.55.